The molecule has 2 N–H and O–H groups in total. The molecule has 4 heteroatoms. The Labute approximate surface area is 125 Å². The van der Waals surface area contributed by atoms with Gasteiger partial charge in [0.25, 0.3) is 5.91 Å². The van der Waals surface area contributed by atoms with E-state index in [-0.39, 0.29) is 5.91 Å². The molecule has 0 spiro atoms. The van der Waals surface area contributed by atoms with Gasteiger partial charge in [-0.1, -0.05) is 17.9 Å². The first kappa shape index (κ1) is 15.1. The molecule has 108 valence electrons. The molecule has 4 nitrogen and oxygen atoms in total. The van der Waals surface area contributed by atoms with Gasteiger partial charge in [0.1, 0.15) is 0 Å². The first-order valence-corrected chi connectivity index (χ1v) is 7.15. The fourth-order valence-electron chi connectivity index (χ4n) is 2.21. The van der Waals surface area contributed by atoms with Gasteiger partial charge in [0, 0.05) is 23.7 Å². The van der Waals surface area contributed by atoms with Crippen LogP contribution in [-0.2, 0) is 0 Å². The fraction of sp³-hybridized carbons (Fsp3) is 0.412. The smallest absolute Gasteiger partial charge is 0.254 e. The predicted octanol–water partition coefficient (Wildman–Crippen LogP) is 1.82. The molecule has 0 atom stereocenters. The molecule has 0 bridgehead atoms. The van der Waals surface area contributed by atoms with E-state index in [1.807, 2.05) is 30.0 Å². The SMILES string of the molecule is Cc1ccc(C(=O)N(CCC#N)C2CC2)cc1C#CCN. The van der Waals surface area contributed by atoms with E-state index in [0.29, 0.717) is 31.1 Å². The van der Waals surface area contributed by atoms with E-state index >= 15 is 0 Å². The van der Waals surface area contributed by atoms with Gasteiger partial charge in [-0.15, -0.1) is 0 Å². The summed E-state index contributed by atoms with van der Waals surface area (Å²) in [5, 5.41) is 8.73. The third-order valence-electron chi connectivity index (χ3n) is 3.52. The second-order valence-electron chi connectivity index (χ2n) is 5.17. The lowest BCUT2D eigenvalue weighted by Gasteiger charge is -2.21. The number of carbonyl (C=O) groups is 1. The lowest BCUT2D eigenvalue weighted by molar-refractivity contribution is 0.0747. The first-order valence-electron chi connectivity index (χ1n) is 7.15. The zero-order valence-corrected chi connectivity index (χ0v) is 12.2. The highest BCUT2D eigenvalue weighted by atomic mass is 16.2. The summed E-state index contributed by atoms with van der Waals surface area (Å²) in [6, 6.07) is 7.96. The van der Waals surface area contributed by atoms with Gasteiger partial charge in [-0.2, -0.15) is 5.26 Å². The maximum absolute atomic E-state index is 12.6. The number of hydrogen-bond acceptors (Lipinski definition) is 3. The summed E-state index contributed by atoms with van der Waals surface area (Å²) in [7, 11) is 0. The van der Waals surface area contributed by atoms with Crippen molar-refractivity contribution >= 4 is 5.91 Å². The molecule has 0 radical (unpaired) electrons. The molecule has 1 fully saturated rings. The van der Waals surface area contributed by atoms with Gasteiger partial charge in [0.2, 0.25) is 0 Å². The fourth-order valence-corrected chi connectivity index (χ4v) is 2.21. The standard InChI is InChI=1S/C17H19N3O/c1-13-5-6-15(12-14(13)4-2-9-18)17(21)20(11-3-10-19)16-7-8-16/h5-6,12,16H,3,7-9,11,18H2,1H3. The summed E-state index contributed by atoms with van der Waals surface area (Å²) in [5.41, 5.74) is 7.89. The minimum absolute atomic E-state index is 0.0106. The van der Waals surface area contributed by atoms with Crippen molar-refractivity contribution in [3.05, 3.63) is 34.9 Å². The Balaban J connectivity index is 2.23. The van der Waals surface area contributed by atoms with E-state index in [0.717, 1.165) is 24.0 Å². The summed E-state index contributed by atoms with van der Waals surface area (Å²) < 4.78 is 0. The highest BCUT2D eigenvalue weighted by Gasteiger charge is 2.32. The molecule has 0 aliphatic heterocycles. The largest absolute Gasteiger partial charge is 0.335 e. The maximum atomic E-state index is 12.6. The molecule has 1 saturated carbocycles. The number of nitrogens with zero attached hydrogens (tertiary/aromatic N) is 2. The Morgan fingerprint density at radius 1 is 1.48 bits per heavy atom. The number of amides is 1. The van der Waals surface area contributed by atoms with Crippen LogP contribution in [0.2, 0.25) is 0 Å². The molecule has 1 amide bonds. The zero-order chi connectivity index (χ0) is 15.2. The summed E-state index contributed by atoms with van der Waals surface area (Å²) in [4.78, 5) is 14.4. The van der Waals surface area contributed by atoms with Crippen LogP contribution in [0.25, 0.3) is 0 Å². The number of nitrogens with two attached hydrogens (primary N) is 1. The normalized spacial score (nSPS) is 13.0. The van der Waals surface area contributed by atoms with Crippen LogP contribution in [0.3, 0.4) is 0 Å². The van der Waals surface area contributed by atoms with Crippen molar-refractivity contribution < 1.29 is 4.79 Å². The van der Waals surface area contributed by atoms with Crippen molar-refractivity contribution in [2.45, 2.75) is 32.2 Å². The molecule has 0 unspecified atom stereocenters. The lowest BCUT2D eigenvalue weighted by Crippen LogP contribution is -2.34. The van der Waals surface area contributed by atoms with Crippen molar-refractivity contribution in [1.82, 2.24) is 4.90 Å². The highest BCUT2D eigenvalue weighted by molar-refractivity contribution is 5.95. The third-order valence-corrected chi connectivity index (χ3v) is 3.52. The van der Waals surface area contributed by atoms with Crippen LogP contribution in [0.15, 0.2) is 18.2 Å². The van der Waals surface area contributed by atoms with Gasteiger partial charge in [0.15, 0.2) is 0 Å². The van der Waals surface area contributed by atoms with Gasteiger partial charge in [0.05, 0.1) is 19.0 Å². The summed E-state index contributed by atoms with van der Waals surface area (Å²) in [6.07, 6.45) is 2.43. The van der Waals surface area contributed by atoms with Gasteiger partial charge < -0.3 is 10.6 Å². The summed E-state index contributed by atoms with van der Waals surface area (Å²) in [6.45, 7) is 2.76. The summed E-state index contributed by atoms with van der Waals surface area (Å²) in [5.74, 6) is 5.81. The highest BCUT2D eigenvalue weighted by Crippen LogP contribution is 2.28. The molecule has 1 aromatic carbocycles. The number of nitriles is 1. The average Bonchev–Trinajstić information content (AvgIpc) is 3.31. The van der Waals surface area contributed by atoms with Gasteiger partial charge >= 0.3 is 0 Å². The minimum atomic E-state index is -0.0106. The molecular formula is C17H19N3O. The van der Waals surface area contributed by atoms with Crippen molar-refractivity contribution in [1.29, 1.82) is 5.26 Å². The van der Waals surface area contributed by atoms with Crippen LogP contribution in [0.4, 0.5) is 0 Å². The van der Waals surface area contributed by atoms with Gasteiger partial charge in [-0.05, 0) is 37.5 Å². The van der Waals surface area contributed by atoms with Crippen LogP contribution in [0, 0.1) is 30.1 Å². The first-order chi connectivity index (χ1) is 10.2. The molecule has 0 saturated heterocycles. The summed E-state index contributed by atoms with van der Waals surface area (Å²) >= 11 is 0. The Kier molecular flexibility index (Phi) is 4.98. The Bertz CT molecular complexity index is 630. The molecule has 1 aliphatic rings. The van der Waals surface area contributed by atoms with Crippen LogP contribution in [0.1, 0.15) is 40.7 Å². The number of rotatable bonds is 4. The van der Waals surface area contributed by atoms with E-state index in [1.54, 1.807) is 0 Å². The number of carbonyl (C=O) groups excluding carboxylic acids is 1. The van der Waals surface area contributed by atoms with Gasteiger partial charge in [-0.3, -0.25) is 4.79 Å². The van der Waals surface area contributed by atoms with Crippen molar-refractivity contribution in [2.24, 2.45) is 5.73 Å². The van der Waals surface area contributed by atoms with Crippen LogP contribution in [-0.4, -0.2) is 29.9 Å². The lowest BCUT2D eigenvalue weighted by atomic mass is 10.0. The molecule has 2 rings (SSSR count). The molecule has 21 heavy (non-hydrogen) atoms. The number of aryl methyl sites for hydroxylation is 1. The topological polar surface area (TPSA) is 70.1 Å². The second-order valence-corrected chi connectivity index (χ2v) is 5.17. The van der Waals surface area contributed by atoms with Crippen LogP contribution in [0.5, 0.6) is 0 Å². The third kappa shape index (κ3) is 3.84. The quantitative estimate of drug-likeness (QED) is 0.856. The molecule has 1 aliphatic carbocycles. The second kappa shape index (κ2) is 6.92. The Morgan fingerprint density at radius 2 is 2.24 bits per heavy atom. The van der Waals surface area contributed by atoms with E-state index in [4.69, 9.17) is 11.0 Å². The molecule has 0 aromatic heterocycles. The minimum Gasteiger partial charge on any atom is -0.335 e. The molecule has 0 heterocycles. The number of hydrogen-bond donors (Lipinski definition) is 1. The predicted molar refractivity (Wildman–Crippen MR) is 81.4 cm³/mol. The van der Waals surface area contributed by atoms with Crippen molar-refractivity contribution in [3.8, 4) is 17.9 Å². The number of benzene rings is 1. The monoisotopic (exact) mass is 281 g/mol. The molecular weight excluding hydrogens is 262 g/mol. The van der Waals surface area contributed by atoms with Crippen molar-refractivity contribution in [2.75, 3.05) is 13.1 Å². The average molecular weight is 281 g/mol. The Hall–Kier alpha value is -2.30. The Morgan fingerprint density at radius 3 is 2.86 bits per heavy atom. The maximum Gasteiger partial charge on any atom is 0.254 e. The van der Waals surface area contributed by atoms with E-state index in [2.05, 4.69) is 17.9 Å². The van der Waals surface area contributed by atoms with E-state index in [9.17, 15) is 4.79 Å². The van der Waals surface area contributed by atoms with Crippen LogP contribution >= 0.6 is 0 Å². The zero-order valence-electron chi connectivity index (χ0n) is 12.2. The molecule has 1 aromatic rings. The van der Waals surface area contributed by atoms with Crippen LogP contribution < -0.4 is 5.73 Å². The van der Waals surface area contributed by atoms with E-state index in [1.165, 1.54) is 0 Å². The van der Waals surface area contributed by atoms with Gasteiger partial charge in [-0.25, -0.2) is 0 Å². The van der Waals surface area contributed by atoms with E-state index < -0.39 is 0 Å². The van der Waals surface area contributed by atoms with Crippen molar-refractivity contribution in [3.63, 3.8) is 0 Å².